The first-order valence-corrected chi connectivity index (χ1v) is 11.4. The van der Waals surface area contributed by atoms with Crippen LogP contribution in [-0.2, 0) is 29.4 Å². The number of benzene rings is 1. The van der Waals surface area contributed by atoms with E-state index in [0.717, 1.165) is 10.6 Å². The van der Waals surface area contributed by atoms with Crippen LogP contribution in [-0.4, -0.2) is 67.7 Å². The van der Waals surface area contributed by atoms with Crippen LogP contribution >= 0.6 is 0 Å². The fraction of sp³-hybridized carbons (Fsp3) is 0.533. The first kappa shape index (κ1) is 20.5. The molecule has 0 bridgehead atoms. The Labute approximate surface area is 153 Å². The number of sulfonamides is 1. The highest BCUT2D eigenvalue weighted by Gasteiger charge is 2.35. The average Bonchev–Trinajstić information content (AvgIpc) is 2.59. The molecule has 2 rings (SSSR count). The van der Waals surface area contributed by atoms with Gasteiger partial charge in [-0.3, -0.25) is 9.10 Å². The van der Waals surface area contributed by atoms with Crippen molar-refractivity contribution < 1.29 is 31.1 Å². The van der Waals surface area contributed by atoms with Crippen LogP contribution in [0.25, 0.3) is 0 Å². The number of methoxy groups -OCH3 is 1. The Hall–Kier alpha value is -1.85. The highest BCUT2D eigenvalue weighted by atomic mass is 32.2. The summed E-state index contributed by atoms with van der Waals surface area (Å²) in [6.45, 7) is 1.82. The highest BCUT2D eigenvalue weighted by Crippen LogP contribution is 2.37. The van der Waals surface area contributed by atoms with Gasteiger partial charge in [0.25, 0.3) is 5.91 Å². The van der Waals surface area contributed by atoms with E-state index in [1.165, 1.54) is 32.2 Å². The molecule has 1 aromatic rings. The minimum atomic E-state index is -3.75. The van der Waals surface area contributed by atoms with E-state index in [-0.39, 0.29) is 35.2 Å². The zero-order valence-corrected chi connectivity index (χ0v) is 16.4. The van der Waals surface area contributed by atoms with Crippen molar-refractivity contribution in [1.29, 1.82) is 0 Å². The van der Waals surface area contributed by atoms with Crippen molar-refractivity contribution in [3.8, 4) is 5.75 Å². The van der Waals surface area contributed by atoms with E-state index in [1.54, 1.807) is 0 Å². The first-order chi connectivity index (χ1) is 12.1. The van der Waals surface area contributed by atoms with Crippen molar-refractivity contribution in [3.05, 3.63) is 18.2 Å². The molecule has 11 heteroatoms. The topological polar surface area (TPSA) is 119 Å². The third kappa shape index (κ3) is 4.46. The van der Waals surface area contributed by atoms with Gasteiger partial charge in [-0.25, -0.2) is 16.8 Å². The van der Waals surface area contributed by atoms with E-state index in [9.17, 15) is 21.6 Å². The van der Waals surface area contributed by atoms with Crippen molar-refractivity contribution in [2.45, 2.75) is 17.9 Å². The zero-order chi connectivity index (χ0) is 19.5. The summed E-state index contributed by atoms with van der Waals surface area (Å²) in [5.41, 5.74) is 0.1000. The Kier molecular flexibility index (Phi) is 6.14. The van der Waals surface area contributed by atoms with Gasteiger partial charge in [-0.15, -0.1) is 0 Å². The minimum Gasteiger partial charge on any atom is -0.476 e. The molecule has 1 aliphatic rings. The largest absolute Gasteiger partial charge is 0.476 e. The standard InChI is InChI=1S/C15H22N2O7S2/c1-4-26(21,22)11-5-6-13-12(9-11)17(25(3,19)20)10-14(24-13)15(18)16-7-8-23-2/h5-6,9,14H,4,7-8,10H2,1-3H3,(H,16,18)/t14-/m1/s1. The van der Waals surface area contributed by atoms with Crippen molar-refractivity contribution in [2.75, 3.05) is 43.1 Å². The second kappa shape index (κ2) is 7.80. The lowest BCUT2D eigenvalue weighted by molar-refractivity contribution is -0.127. The van der Waals surface area contributed by atoms with E-state index < -0.39 is 31.9 Å². The Balaban J connectivity index is 2.39. The van der Waals surface area contributed by atoms with Crippen LogP contribution in [0.1, 0.15) is 6.92 Å². The summed E-state index contributed by atoms with van der Waals surface area (Å²) in [5.74, 6) is -0.467. The SMILES string of the molecule is CCS(=O)(=O)c1ccc2c(c1)N(S(C)(=O)=O)C[C@H](C(=O)NCCOC)O2. The number of hydrogen-bond donors (Lipinski definition) is 1. The second-order valence-corrected chi connectivity index (χ2v) is 9.90. The molecule has 1 N–H and O–H groups in total. The number of fused-ring (bicyclic) bond motifs is 1. The first-order valence-electron chi connectivity index (χ1n) is 7.88. The number of ether oxygens (including phenoxy) is 2. The lowest BCUT2D eigenvalue weighted by Crippen LogP contribution is -2.51. The van der Waals surface area contributed by atoms with Gasteiger partial charge in [0.15, 0.2) is 15.9 Å². The van der Waals surface area contributed by atoms with E-state index in [4.69, 9.17) is 9.47 Å². The van der Waals surface area contributed by atoms with Crippen molar-refractivity contribution in [3.63, 3.8) is 0 Å². The van der Waals surface area contributed by atoms with Crippen LogP contribution in [0.3, 0.4) is 0 Å². The Morgan fingerprint density at radius 2 is 2.04 bits per heavy atom. The smallest absolute Gasteiger partial charge is 0.263 e. The van der Waals surface area contributed by atoms with Gasteiger partial charge in [-0.05, 0) is 18.2 Å². The summed E-state index contributed by atoms with van der Waals surface area (Å²) in [6, 6.07) is 3.96. The lowest BCUT2D eigenvalue weighted by atomic mass is 10.2. The molecule has 1 heterocycles. The fourth-order valence-corrected chi connectivity index (χ4v) is 4.24. The number of hydrogen-bond acceptors (Lipinski definition) is 7. The van der Waals surface area contributed by atoms with Crippen LogP contribution in [0.15, 0.2) is 23.1 Å². The van der Waals surface area contributed by atoms with Crippen molar-refractivity contribution >= 4 is 31.5 Å². The quantitative estimate of drug-likeness (QED) is 0.621. The second-order valence-electron chi connectivity index (χ2n) is 5.72. The molecule has 0 aliphatic carbocycles. The minimum absolute atomic E-state index is 0.000930. The molecule has 1 amide bonds. The zero-order valence-electron chi connectivity index (χ0n) is 14.8. The number of sulfone groups is 1. The number of anilines is 1. The fourth-order valence-electron chi connectivity index (χ4n) is 2.43. The van der Waals surface area contributed by atoms with Gasteiger partial charge in [-0.1, -0.05) is 6.92 Å². The maximum atomic E-state index is 12.2. The van der Waals surface area contributed by atoms with Crippen molar-refractivity contribution in [2.24, 2.45) is 0 Å². The van der Waals surface area contributed by atoms with Crippen LogP contribution in [0, 0.1) is 0 Å². The molecule has 0 aromatic heterocycles. The van der Waals surface area contributed by atoms with Gasteiger partial charge in [-0.2, -0.15) is 0 Å². The third-order valence-electron chi connectivity index (χ3n) is 3.84. The molecule has 1 aliphatic heterocycles. The normalized spacial score (nSPS) is 17.3. The number of nitrogens with zero attached hydrogens (tertiary/aromatic N) is 1. The van der Waals surface area contributed by atoms with Gasteiger partial charge < -0.3 is 14.8 Å². The molecule has 0 saturated carbocycles. The van der Waals surface area contributed by atoms with Crippen molar-refractivity contribution in [1.82, 2.24) is 5.32 Å². The predicted molar refractivity (Wildman–Crippen MR) is 95.7 cm³/mol. The molecule has 1 aromatic carbocycles. The molecule has 146 valence electrons. The number of amides is 1. The number of rotatable bonds is 7. The van der Waals surface area contributed by atoms with E-state index in [2.05, 4.69) is 5.32 Å². The average molecular weight is 406 g/mol. The Bertz CT molecular complexity index is 881. The lowest BCUT2D eigenvalue weighted by Gasteiger charge is -2.34. The highest BCUT2D eigenvalue weighted by molar-refractivity contribution is 7.92. The summed E-state index contributed by atoms with van der Waals surface area (Å²) in [6.07, 6.45) is -0.0640. The van der Waals surface area contributed by atoms with Crippen LogP contribution in [0.5, 0.6) is 5.75 Å². The van der Waals surface area contributed by atoms with Crippen LogP contribution in [0.2, 0.25) is 0 Å². The molecule has 9 nitrogen and oxygen atoms in total. The molecule has 0 unspecified atom stereocenters. The summed E-state index contributed by atoms with van der Waals surface area (Å²) in [5, 5.41) is 2.59. The van der Waals surface area contributed by atoms with Gasteiger partial charge >= 0.3 is 0 Å². The van der Waals surface area contributed by atoms with Gasteiger partial charge in [0, 0.05) is 13.7 Å². The summed E-state index contributed by atoms with van der Waals surface area (Å²) in [7, 11) is -5.77. The molecule has 0 fully saturated rings. The molecule has 26 heavy (non-hydrogen) atoms. The Morgan fingerprint density at radius 3 is 2.62 bits per heavy atom. The monoisotopic (exact) mass is 406 g/mol. The van der Waals surface area contributed by atoms with Gasteiger partial charge in [0.2, 0.25) is 10.0 Å². The molecular formula is C15H22N2O7S2. The van der Waals surface area contributed by atoms with E-state index in [0.29, 0.717) is 6.61 Å². The molecule has 0 spiro atoms. The maximum absolute atomic E-state index is 12.2. The molecule has 0 saturated heterocycles. The van der Waals surface area contributed by atoms with E-state index in [1.807, 2.05) is 0 Å². The molecular weight excluding hydrogens is 384 g/mol. The number of nitrogens with one attached hydrogen (secondary N) is 1. The maximum Gasteiger partial charge on any atom is 0.263 e. The van der Waals surface area contributed by atoms with Crippen LogP contribution < -0.4 is 14.4 Å². The molecule has 0 radical (unpaired) electrons. The van der Waals surface area contributed by atoms with E-state index >= 15 is 0 Å². The summed E-state index contributed by atoms with van der Waals surface area (Å²) < 4.78 is 59.9. The van der Waals surface area contributed by atoms with Gasteiger partial charge in [0.1, 0.15) is 5.75 Å². The predicted octanol–water partition coefficient (Wildman–Crippen LogP) is -0.230. The summed E-state index contributed by atoms with van der Waals surface area (Å²) >= 11 is 0. The summed E-state index contributed by atoms with van der Waals surface area (Å²) in [4.78, 5) is 12.2. The molecule has 1 atom stereocenters. The Morgan fingerprint density at radius 1 is 1.35 bits per heavy atom. The number of carbonyl (C=O) groups excluding carboxylic acids is 1. The van der Waals surface area contributed by atoms with Crippen LogP contribution in [0.4, 0.5) is 5.69 Å². The van der Waals surface area contributed by atoms with Gasteiger partial charge in [0.05, 0.1) is 35.7 Å². The third-order valence-corrected chi connectivity index (χ3v) is 6.72. The number of carbonyl (C=O) groups is 1.